The van der Waals surface area contributed by atoms with E-state index in [1.54, 1.807) is 12.3 Å². The summed E-state index contributed by atoms with van der Waals surface area (Å²) in [5.74, 6) is 1.65. The predicted molar refractivity (Wildman–Crippen MR) is 136 cm³/mol. The normalized spacial score (nSPS) is 12.8. The molecule has 36 heavy (non-hydrogen) atoms. The minimum atomic E-state index is 0.220. The molecule has 0 saturated carbocycles. The number of aromatic nitrogens is 6. The summed E-state index contributed by atoms with van der Waals surface area (Å²) in [7, 11) is 0. The van der Waals surface area contributed by atoms with Gasteiger partial charge < -0.3 is 9.47 Å². The molecule has 0 atom stereocenters. The number of hydrogen-bond acceptors (Lipinski definition) is 9. The third kappa shape index (κ3) is 3.35. The average Bonchev–Trinajstić information content (AvgIpc) is 3.56. The van der Waals surface area contributed by atoms with Gasteiger partial charge in [-0.1, -0.05) is 48.0 Å². The van der Waals surface area contributed by atoms with Gasteiger partial charge in [-0.2, -0.15) is 5.10 Å². The van der Waals surface area contributed by atoms with E-state index in [-0.39, 0.29) is 12.7 Å². The van der Waals surface area contributed by atoms with Crippen molar-refractivity contribution in [1.29, 1.82) is 0 Å². The van der Waals surface area contributed by atoms with E-state index in [0.717, 1.165) is 16.3 Å². The lowest BCUT2D eigenvalue weighted by atomic mass is 10.1. The smallest absolute Gasteiger partial charge is 0.263 e. The van der Waals surface area contributed by atoms with Crippen LogP contribution in [-0.4, -0.2) is 43.2 Å². The number of benzene rings is 4. The summed E-state index contributed by atoms with van der Waals surface area (Å²) >= 11 is 6.39. The average molecular weight is 495 g/mol. The van der Waals surface area contributed by atoms with Gasteiger partial charge in [0.15, 0.2) is 11.5 Å². The maximum atomic E-state index is 6.39. The third-order valence-corrected chi connectivity index (χ3v) is 6.12. The summed E-state index contributed by atoms with van der Waals surface area (Å²) in [4.78, 5) is 6.21. The van der Waals surface area contributed by atoms with E-state index >= 15 is 0 Å². The first-order valence-corrected chi connectivity index (χ1v) is 11.4. The third-order valence-electron chi connectivity index (χ3n) is 5.80. The first-order chi connectivity index (χ1) is 17.7. The Balaban J connectivity index is 1.31. The van der Waals surface area contributed by atoms with Crippen molar-refractivity contribution in [2.24, 2.45) is 5.10 Å². The topological polar surface area (TPSA) is 112 Å². The number of anilines is 1. The first kappa shape index (κ1) is 20.5. The Kier molecular flexibility index (Phi) is 4.64. The van der Waals surface area contributed by atoms with Gasteiger partial charge in [0.05, 0.1) is 11.2 Å². The van der Waals surface area contributed by atoms with Crippen LogP contribution in [0.15, 0.2) is 71.8 Å². The zero-order valence-electron chi connectivity index (χ0n) is 18.5. The molecule has 1 N–H and O–H groups in total. The Morgan fingerprint density at radius 1 is 0.833 bits per heavy atom. The number of nitrogens with zero attached hydrogens (tertiary/aromatic N) is 7. The quantitative estimate of drug-likeness (QED) is 0.212. The lowest BCUT2D eigenvalue weighted by Crippen LogP contribution is -2.01. The Morgan fingerprint density at radius 3 is 2.50 bits per heavy atom. The van der Waals surface area contributed by atoms with E-state index in [0.29, 0.717) is 44.3 Å². The van der Waals surface area contributed by atoms with Crippen molar-refractivity contribution < 1.29 is 9.47 Å². The van der Waals surface area contributed by atoms with Crippen LogP contribution in [0.1, 0.15) is 5.56 Å². The monoisotopic (exact) mass is 494 g/mol. The van der Waals surface area contributed by atoms with Crippen LogP contribution < -0.4 is 14.9 Å². The van der Waals surface area contributed by atoms with Crippen LogP contribution >= 0.6 is 11.6 Å². The predicted octanol–water partition coefficient (Wildman–Crippen LogP) is 4.74. The molecule has 0 bridgehead atoms. The number of para-hydroxylation sites is 1. The van der Waals surface area contributed by atoms with Gasteiger partial charge in [0.1, 0.15) is 27.8 Å². The number of nitrogens with one attached hydrogen (secondary N) is 1. The summed E-state index contributed by atoms with van der Waals surface area (Å²) in [6.45, 7) is 0.220. The van der Waals surface area contributed by atoms with Crippen LogP contribution in [0.3, 0.4) is 0 Å². The molecule has 3 heterocycles. The van der Waals surface area contributed by atoms with Gasteiger partial charge in [-0.25, -0.2) is 10.4 Å². The molecule has 2 aromatic heterocycles. The fourth-order valence-electron chi connectivity index (χ4n) is 4.14. The highest BCUT2D eigenvalue weighted by molar-refractivity contribution is 6.32. The van der Waals surface area contributed by atoms with Gasteiger partial charge in [0, 0.05) is 10.8 Å². The number of hydrogen-bond donors (Lipinski definition) is 1. The Labute approximate surface area is 208 Å². The van der Waals surface area contributed by atoms with E-state index in [4.69, 9.17) is 31.2 Å². The number of rotatable bonds is 4. The molecule has 10 nitrogen and oxygen atoms in total. The molecular formula is C25H15ClN8O2. The highest BCUT2D eigenvalue weighted by Gasteiger charge is 2.18. The highest BCUT2D eigenvalue weighted by Crippen LogP contribution is 2.33. The van der Waals surface area contributed by atoms with Gasteiger partial charge in [-0.3, -0.25) is 0 Å². The van der Waals surface area contributed by atoms with Gasteiger partial charge in [-0.15, -0.1) is 25.2 Å². The molecule has 0 fully saturated rings. The van der Waals surface area contributed by atoms with Gasteiger partial charge in [0.2, 0.25) is 6.79 Å². The lowest BCUT2D eigenvalue weighted by Gasteiger charge is -2.04. The summed E-state index contributed by atoms with van der Waals surface area (Å²) in [6.07, 6.45) is 1.64. The molecule has 0 spiro atoms. The molecule has 0 aliphatic carbocycles. The Morgan fingerprint density at radius 2 is 1.61 bits per heavy atom. The summed E-state index contributed by atoms with van der Waals surface area (Å²) < 4.78 is 10.7. The second-order valence-electron chi connectivity index (χ2n) is 8.00. The molecular weight excluding hydrogens is 480 g/mol. The van der Waals surface area contributed by atoms with Crippen LogP contribution in [0.2, 0.25) is 5.02 Å². The summed E-state index contributed by atoms with van der Waals surface area (Å²) in [5.41, 5.74) is 6.81. The standard InChI is InChI=1S/C25H15ClN8O2/c26-17-7-3-4-8-18(17)34-32-22-16-6-2-1-5-15(16)21-23(24(22)33-34)29-31-25(28-21)30-27-12-14-9-10-19-20(11-14)36-13-35-19/h1-12H,13H2,(H,28,30,31)/b27-12+. The van der Waals surface area contributed by atoms with Crippen LogP contribution in [0.4, 0.5) is 5.95 Å². The molecule has 174 valence electrons. The molecule has 1 aliphatic heterocycles. The van der Waals surface area contributed by atoms with Crippen molar-refractivity contribution in [1.82, 2.24) is 30.2 Å². The van der Waals surface area contributed by atoms with Crippen LogP contribution in [0.25, 0.3) is 38.5 Å². The van der Waals surface area contributed by atoms with Crippen molar-refractivity contribution >= 4 is 56.6 Å². The second-order valence-corrected chi connectivity index (χ2v) is 8.41. The Bertz CT molecular complexity index is 1830. The minimum Gasteiger partial charge on any atom is -0.454 e. The highest BCUT2D eigenvalue weighted by atomic mass is 35.5. The largest absolute Gasteiger partial charge is 0.454 e. The molecule has 6 aromatic rings. The molecule has 0 radical (unpaired) electrons. The molecule has 7 rings (SSSR count). The van der Waals surface area contributed by atoms with E-state index < -0.39 is 0 Å². The van der Waals surface area contributed by atoms with Gasteiger partial charge in [0.25, 0.3) is 5.95 Å². The molecule has 0 unspecified atom stereocenters. The lowest BCUT2D eigenvalue weighted by molar-refractivity contribution is 0.174. The van der Waals surface area contributed by atoms with Crippen molar-refractivity contribution in [2.45, 2.75) is 0 Å². The number of fused-ring (bicyclic) bond motifs is 7. The van der Waals surface area contributed by atoms with Gasteiger partial charge >= 0.3 is 0 Å². The number of hydrazone groups is 1. The summed E-state index contributed by atoms with van der Waals surface area (Å²) in [6, 6.07) is 20.8. The Hall–Kier alpha value is -4.83. The van der Waals surface area contributed by atoms with Crippen molar-refractivity contribution in [3.8, 4) is 17.2 Å². The molecule has 0 amide bonds. The molecule has 0 saturated heterocycles. The fraction of sp³-hybridized carbons (Fsp3) is 0.0400. The van der Waals surface area contributed by atoms with E-state index in [9.17, 15) is 0 Å². The zero-order chi connectivity index (χ0) is 24.1. The maximum Gasteiger partial charge on any atom is 0.263 e. The van der Waals surface area contributed by atoms with Crippen LogP contribution in [0.5, 0.6) is 11.5 Å². The van der Waals surface area contributed by atoms with Crippen molar-refractivity contribution in [3.05, 3.63) is 77.3 Å². The van der Waals surface area contributed by atoms with Crippen molar-refractivity contribution in [3.63, 3.8) is 0 Å². The minimum absolute atomic E-state index is 0.220. The van der Waals surface area contributed by atoms with Crippen LogP contribution in [-0.2, 0) is 0 Å². The molecule has 11 heteroatoms. The number of ether oxygens (including phenoxy) is 2. The number of halogens is 1. The SMILES string of the molecule is Clc1ccccc1-n1nc2c3ccccc3c3nc(N/N=C/c4ccc5c(c4)OCO5)nnc3c2n1. The summed E-state index contributed by atoms with van der Waals surface area (Å²) in [5, 5.41) is 24.6. The van der Waals surface area contributed by atoms with Crippen LogP contribution in [0, 0.1) is 0 Å². The van der Waals surface area contributed by atoms with Crippen molar-refractivity contribution in [2.75, 3.05) is 12.2 Å². The maximum absolute atomic E-state index is 6.39. The fourth-order valence-corrected chi connectivity index (χ4v) is 4.36. The first-order valence-electron chi connectivity index (χ1n) is 11.0. The zero-order valence-corrected chi connectivity index (χ0v) is 19.2. The molecule has 1 aliphatic rings. The molecule has 4 aromatic carbocycles. The second kappa shape index (κ2) is 8.14. The van der Waals surface area contributed by atoms with E-state index in [1.807, 2.05) is 60.7 Å². The van der Waals surface area contributed by atoms with E-state index in [1.165, 1.54) is 4.80 Å². The van der Waals surface area contributed by atoms with Gasteiger partial charge in [-0.05, 0) is 35.9 Å². The van der Waals surface area contributed by atoms with E-state index in [2.05, 4.69) is 25.8 Å².